The second-order valence-electron chi connectivity index (χ2n) is 3.39. The first-order chi connectivity index (χ1) is 7.35. The Morgan fingerprint density at radius 1 is 1.62 bits per heavy atom. The van der Waals surface area contributed by atoms with Gasteiger partial charge >= 0.3 is 6.09 Å². The molecular weight excluding hydrogens is 224 g/mol. The summed E-state index contributed by atoms with van der Waals surface area (Å²) in [5, 5.41) is 18.6. The second kappa shape index (κ2) is 4.30. The van der Waals surface area contributed by atoms with Gasteiger partial charge < -0.3 is 15.3 Å². The van der Waals surface area contributed by atoms with E-state index in [-0.39, 0.29) is 0 Å². The maximum Gasteiger partial charge on any atom is 0.405 e. The topological polar surface area (TPSA) is 93.4 Å². The summed E-state index contributed by atoms with van der Waals surface area (Å²) in [7, 11) is 0. The van der Waals surface area contributed by atoms with Crippen molar-refractivity contribution in [1.29, 1.82) is 5.26 Å². The average Bonchev–Trinajstić information content (AvgIpc) is 2.50. The summed E-state index contributed by atoms with van der Waals surface area (Å²) in [6.07, 6.45) is -2.13. The Balaban J connectivity index is 2.62. The van der Waals surface area contributed by atoms with Crippen LogP contribution in [0.2, 0.25) is 0 Å². The molecule has 0 unspecified atom stereocenters. The summed E-state index contributed by atoms with van der Waals surface area (Å²) in [6, 6.07) is 0.392. The van der Waals surface area contributed by atoms with E-state index in [0.29, 0.717) is 4.90 Å². The maximum absolute atomic E-state index is 12.9. The SMILES string of the molecule is N#C[C@@H]1CC(F)(F)CN1C(=O)CNC(=O)O. The van der Waals surface area contributed by atoms with E-state index >= 15 is 0 Å². The molecule has 88 valence electrons. The molecule has 16 heavy (non-hydrogen) atoms. The van der Waals surface area contributed by atoms with Crippen LogP contribution in [0.15, 0.2) is 0 Å². The zero-order valence-corrected chi connectivity index (χ0v) is 8.11. The highest BCUT2D eigenvalue weighted by molar-refractivity contribution is 5.82. The van der Waals surface area contributed by atoms with Gasteiger partial charge in [0.15, 0.2) is 0 Å². The molecule has 1 aliphatic heterocycles. The highest BCUT2D eigenvalue weighted by Crippen LogP contribution is 2.31. The van der Waals surface area contributed by atoms with Crippen molar-refractivity contribution in [3.8, 4) is 6.07 Å². The number of carbonyl (C=O) groups excluding carboxylic acids is 1. The van der Waals surface area contributed by atoms with Crippen molar-refractivity contribution in [1.82, 2.24) is 10.2 Å². The molecule has 1 aliphatic rings. The van der Waals surface area contributed by atoms with Crippen molar-refractivity contribution in [3.63, 3.8) is 0 Å². The number of hydrogen-bond donors (Lipinski definition) is 2. The third-order valence-electron chi connectivity index (χ3n) is 2.13. The van der Waals surface area contributed by atoms with E-state index in [1.54, 1.807) is 11.4 Å². The minimum atomic E-state index is -3.08. The van der Waals surface area contributed by atoms with E-state index in [4.69, 9.17) is 10.4 Å². The number of alkyl halides is 2. The molecule has 0 aliphatic carbocycles. The quantitative estimate of drug-likeness (QED) is 0.702. The number of rotatable bonds is 2. The number of amides is 2. The largest absolute Gasteiger partial charge is 0.465 e. The number of hydrogen-bond acceptors (Lipinski definition) is 3. The zero-order valence-electron chi connectivity index (χ0n) is 8.11. The molecule has 8 heteroatoms. The van der Waals surface area contributed by atoms with Crippen LogP contribution in [0.3, 0.4) is 0 Å². The molecule has 1 saturated heterocycles. The molecule has 0 spiro atoms. The number of nitrogens with zero attached hydrogens (tertiary/aromatic N) is 2. The highest BCUT2D eigenvalue weighted by Gasteiger charge is 2.47. The van der Waals surface area contributed by atoms with Gasteiger partial charge in [-0.2, -0.15) is 5.26 Å². The maximum atomic E-state index is 12.9. The standard InChI is InChI=1S/C8H9F2N3O3/c9-8(10)1-5(2-11)13(4-8)6(14)3-12-7(15)16/h5,12H,1,3-4H2,(H,15,16)/t5-/m0/s1. The van der Waals surface area contributed by atoms with Crippen LogP contribution in [-0.2, 0) is 4.79 Å². The fourth-order valence-corrected chi connectivity index (χ4v) is 1.45. The smallest absolute Gasteiger partial charge is 0.405 e. The van der Waals surface area contributed by atoms with E-state index in [1.165, 1.54) is 0 Å². The molecule has 0 aromatic carbocycles. The van der Waals surface area contributed by atoms with Crippen molar-refractivity contribution >= 4 is 12.0 Å². The van der Waals surface area contributed by atoms with Crippen LogP contribution < -0.4 is 5.32 Å². The van der Waals surface area contributed by atoms with E-state index in [1.807, 2.05) is 0 Å². The Labute approximate surface area is 89.4 Å². The Hall–Kier alpha value is -1.91. The molecule has 1 heterocycles. The monoisotopic (exact) mass is 233 g/mol. The molecule has 0 saturated carbocycles. The third-order valence-corrected chi connectivity index (χ3v) is 2.13. The lowest BCUT2D eigenvalue weighted by molar-refractivity contribution is -0.131. The number of carbonyl (C=O) groups is 2. The minimum absolute atomic E-state index is 0.608. The third kappa shape index (κ3) is 2.79. The first-order valence-corrected chi connectivity index (χ1v) is 4.39. The summed E-state index contributed by atoms with van der Waals surface area (Å²) in [4.78, 5) is 22.1. The minimum Gasteiger partial charge on any atom is -0.465 e. The van der Waals surface area contributed by atoms with Gasteiger partial charge in [-0.1, -0.05) is 0 Å². The molecule has 2 N–H and O–H groups in total. The Kier molecular flexibility index (Phi) is 3.27. The average molecular weight is 233 g/mol. The van der Waals surface area contributed by atoms with Gasteiger partial charge in [0.25, 0.3) is 5.92 Å². The normalized spacial score (nSPS) is 22.6. The van der Waals surface area contributed by atoms with E-state index in [0.717, 1.165) is 0 Å². The molecule has 0 aromatic heterocycles. The molecule has 0 aromatic rings. The van der Waals surface area contributed by atoms with Crippen molar-refractivity contribution in [2.24, 2.45) is 0 Å². The van der Waals surface area contributed by atoms with Gasteiger partial charge in [0.05, 0.1) is 12.6 Å². The van der Waals surface area contributed by atoms with Crippen LogP contribution >= 0.6 is 0 Å². The first-order valence-electron chi connectivity index (χ1n) is 4.39. The van der Waals surface area contributed by atoms with Crippen LogP contribution in [0.4, 0.5) is 13.6 Å². The van der Waals surface area contributed by atoms with Gasteiger partial charge in [-0.25, -0.2) is 13.6 Å². The van der Waals surface area contributed by atoms with Crippen LogP contribution in [0.25, 0.3) is 0 Å². The van der Waals surface area contributed by atoms with Gasteiger partial charge in [0.2, 0.25) is 5.91 Å². The lowest BCUT2D eigenvalue weighted by atomic mass is 10.2. The van der Waals surface area contributed by atoms with Crippen LogP contribution in [-0.4, -0.2) is 47.1 Å². The molecule has 1 atom stereocenters. The molecule has 6 nitrogen and oxygen atoms in total. The van der Waals surface area contributed by atoms with Crippen LogP contribution in [0, 0.1) is 11.3 Å². The molecule has 1 rings (SSSR count). The highest BCUT2D eigenvalue weighted by atomic mass is 19.3. The Bertz CT molecular complexity index is 353. The Morgan fingerprint density at radius 3 is 2.75 bits per heavy atom. The fraction of sp³-hybridized carbons (Fsp3) is 0.625. The lowest BCUT2D eigenvalue weighted by Gasteiger charge is -2.18. The lowest BCUT2D eigenvalue weighted by Crippen LogP contribution is -2.42. The molecule has 0 radical (unpaired) electrons. The van der Waals surface area contributed by atoms with Gasteiger partial charge in [-0.05, 0) is 0 Å². The number of carboxylic acid groups (broad SMARTS) is 1. The fourth-order valence-electron chi connectivity index (χ4n) is 1.45. The van der Waals surface area contributed by atoms with Gasteiger partial charge in [-0.3, -0.25) is 4.79 Å². The summed E-state index contributed by atoms with van der Waals surface area (Å²) < 4.78 is 25.8. The van der Waals surface area contributed by atoms with Crippen molar-refractivity contribution in [2.75, 3.05) is 13.1 Å². The summed E-state index contributed by atoms with van der Waals surface area (Å²) in [6.45, 7) is -1.45. The predicted octanol–water partition coefficient (Wildman–Crippen LogP) is 0.0138. The number of halogens is 2. The summed E-state index contributed by atoms with van der Waals surface area (Å²) in [5.41, 5.74) is 0. The second-order valence-corrected chi connectivity index (χ2v) is 3.39. The van der Waals surface area contributed by atoms with Crippen molar-refractivity contribution in [3.05, 3.63) is 0 Å². The van der Waals surface area contributed by atoms with Crippen LogP contribution in [0.1, 0.15) is 6.42 Å². The summed E-state index contributed by atoms with van der Waals surface area (Å²) >= 11 is 0. The Morgan fingerprint density at radius 2 is 2.25 bits per heavy atom. The first kappa shape index (κ1) is 12.2. The van der Waals surface area contributed by atoms with E-state index in [9.17, 15) is 18.4 Å². The molecule has 2 amide bonds. The molecule has 0 bridgehead atoms. The molecular formula is C8H9F2N3O3. The molecule has 1 fully saturated rings. The predicted molar refractivity (Wildman–Crippen MR) is 46.7 cm³/mol. The van der Waals surface area contributed by atoms with E-state index in [2.05, 4.69) is 0 Å². The van der Waals surface area contributed by atoms with E-state index < -0.39 is 43.5 Å². The van der Waals surface area contributed by atoms with Crippen LogP contribution in [0.5, 0.6) is 0 Å². The van der Waals surface area contributed by atoms with Crippen molar-refractivity contribution in [2.45, 2.75) is 18.4 Å². The van der Waals surface area contributed by atoms with Crippen molar-refractivity contribution < 1.29 is 23.5 Å². The number of nitriles is 1. The van der Waals surface area contributed by atoms with Gasteiger partial charge in [-0.15, -0.1) is 0 Å². The van der Waals surface area contributed by atoms with Gasteiger partial charge in [0, 0.05) is 6.42 Å². The number of nitrogens with one attached hydrogen (secondary N) is 1. The summed E-state index contributed by atoms with van der Waals surface area (Å²) in [5.74, 6) is -3.91. The number of likely N-dealkylation sites (tertiary alicyclic amines) is 1. The zero-order chi connectivity index (χ0) is 12.3. The van der Waals surface area contributed by atoms with Gasteiger partial charge in [0.1, 0.15) is 12.6 Å².